The Hall–Kier alpha value is -3.40. The van der Waals surface area contributed by atoms with Gasteiger partial charge >= 0.3 is 0 Å². The molecule has 0 radical (unpaired) electrons. The highest BCUT2D eigenvalue weighted by Gasteiger charge is 2.25. The summed E-state index contributed by atoms with van der Waals surface area (Å²) in [7, 11) is 1.52. The average Bonchev–Trinajstić information content (AvgIpc) is 2.92. The van der Waals surface area contributed by atoms with Crippen LogP contribution in [0.3, 0.4) is 0 Å². The van der Waals surface area contributed by atoms with Crippen LogP contribution in [-0.2, 0) is 9.47 Å². The number of benzene rings is 2. The molecule has 1 saturated heterocycles. The minimum atomic E-state index is -0.675. The molecule has 1 aliphatic rings. The Morgan fingerprint density at radius 1 is 1.03 bits per heavy atom. The topological polar surface area (TPSA) is 82.5 Å². The van der Waals surface area contributed by atoms with E-state index >= 15 is 4.39 Å². The normalized spacial score (nSPS) is 14.8. The number of methoxy groups -OCH3 is 1. The fourth-order valence-corrected chi connectivity index (χ4v) is 4.63. The van der Waals surface area contributed by atoms with E-state index in [1.807, 2.05) is 32.0 Å². The molecule has 0 aliphatic carbocycles. The van der Waals surface area contributed by atoms with Crippen molar-refractivity contribution >= 4 is 28.2 Å². The molecule has 0 bridgehead atoms. The van der Waals surface area contributed by atoms with Crippen LogP contribution in [0.1, 0.15) is 31.2 Å². The van der Waals surface area contributed by atoms with Gasteiger partial charge in [-0.1, -0.05) is 11.6 Å². The summed E-state index contributed by atoms with van der Waals surface area (Å²) in [5, 5.41) is 9.28. The molecule has 37 heavy (non-hydrogen) atoms. The first kappa shape index (κ1) is 25.3. The number of rotatable bonds is 7. The maximum absolute atomic E-state index is 15.4. The summed E-state index contributed by atoms with van der Waals surface area (Å²) in [4.78, 5) is 11.2. The average molecular weight is 524 g/mol. The summed E-state index contributed by atoms with van der Waals surface area (Å²) >= 11 is 6.56. The molecule has 1 unspecified atom stereocenters. The Balaban J connectivity index is 1.59. The Morgan fingerprint density at radius 3 is 2.54 bits per heavy atom. The van der Waals surface area contributed by atoms with Gasteiger partial charge in [0.05, 0.1) is 43.3 Å². The molecule has 1 atom stereocenters. The largest absolute Gasteiger partial charge is 0.480 e. The van der Waals surface area contributed by atoms with Crippen LogP contribution in [0.4, 0.5) is 10.1 Å². The van der Waals surface area contributed by atoms with Crippen LogP contribution >= 0.6 is 11.6 Å². The van der Waals surface area contributed by atoms with Gasteiger partial charge < -0.3 is 19.1 Å². The van der Waals surface area contributed by atoms with E-state index < -0.39 is 11.9 Å². The molecule has 3 heterocycles. The summed E-state index contributed by atoms with van der Waals surface area (Å²) in [6.07, 6.45) is 0.620. The van der Waals surface area contributed by atoms with E-state index in [-0.39, 0.29) is 11.1 Å². The SMILES string of the molecule is COc1ccc(C(OC(C)C)c2cc(-c3ncnc4cc(N5CCOCC5)ccc34)c(F)cc2Cl)nn1. The van der Waals surface area contributed by atoms with E-state index in [9.17, 15) is 0 Å². The highest BCUT2D eigenvalue weighted by molar-refractivity contribution is 6.31. The third-order valence-electron chi connectivity index (χ3n) is 6.17. The molecule has 192 valence electrons. The minimum absolute atomic E-state index is 0.156. The second-order valence-corrected chi connectivity index (χ2v) is 9.35. The van der Waals surface area contributed by atoms with Crippen LogP contribution in [0.25, 0.3) is 22.2 Å². The monoisotopic (exact) mass is 523 g/mol. The third-order valence-corrected chi connectivity index (χ3v) is 6.49. The number of anilines is 1. The summed E-state index contributed by atoms with van der Waals surface area (Å²) in [6, 6.07) is 12.3. The van der Waals surface area contributed by atoms with Crippen molar-refractivity contribution in [2.45, 2.75) is 26.1 Å². The zero-order chi connectivity index (χ0) is 25.9. The first-order valence-corrected chi connectivity index (χ1v) is 12.4. The predicted octanol–water partition coefficient (Wildman–Crippen LogP) is 5.24. The van der Waals surface area contributed by atoms with Crippen molar-refractivity contribution in [2.24, 2.45) is 0 Å². The van der Waals surface area contributed by atoms with Crippen LogP contribution in [0.15, 0.2) is 48.8 Å². The van der Waals surface area contributed by atoms with Gasteiger partial charge in [-0.2, -0.15) is 0 Å². The Bertz CT molecular complexity index is 1400. The lowest BCUT2D eigenvalue weighted by atomic mass is 9.98. The fraction of sp³-hybridized carbons (Fsp3) is 0.333. The number of aromatic nitrogens is 4. The number of nitrogens with zero attached hydrogens (tertiary/aromatic N) is 5. The van der Waals surface area contributed by atoms with Gasteiger partial charge in [-0.15, -0.1) is 10.2 Å². The van der Waals surface area contributed by atoms with Gasteiger partial charge in [0.2, 0.25) is 5.88 Å². The lowest BCUT2D eigenvalue weighted by Gasteiger charge is -2.29. The molecule has 0 spiro atoms. The van der Waals surface area contributed by atoms with Crippen molar-refractivity contribution in [3.05, 3.63) is 70.9 Å². The molecule has 2 aromatic heterocycles. The smallest absolute Gasteiger partial charge is 0.233 e. The zero-order valence-electron chi connectivity index (χ0n) is 20.8. The first-order valence-electron chi connectivity index (χ1n) is 12.0. The number of fused-ring (bicyclic) bond motifs is 1. The second-order valence-electron chi connectivity index (χ2n) is 8.94. The van der Waals surface area contributed by atoms with Crippen molar-refractivity contribution in [1.29, 1.82) is 0 Å². The molecule has 8 nitrogen and oxygen atoms in total. The van der Waals surface area contributed by atoms with Crippen LogP contribution < -0.4 is 9.64 Å². The highest BCUT2D eigenvalue weighted by Crippen LogP contribution is 2.38. The molecular formula is C27H27ClFN5O3. The van der Waals surface area contributed by atoms with Gasteiger partial charge in [0.1, 0.15) is 18.2 Å². The second kappa shape index (κ2) is 10.9. The number of hydrogen-bond acceptors (Lipinski definition) is 8. The summed E-state index contributed by atoms with van der Waals surface area (Å²) in [6.45, 7) is 6.81. The van der Waals surface area contributed by atoms with Crippen LogP contribution in [-0.4, -0.2) is 59.7 Å². The highest BCUT2D eigenvalue weighted by atomic mass is 35.5. The molecule has 4 aromatic rings. The molecule has 0 saturated carbocycles. The van der Waals surface area contributed by atoms with Gasteiger partial charge in [-0.25, -0.2) is 14.4 Å². The van der Waals surface area contributed by atoms with Gasteiger partial charge in [0.15, 0.2) is 0 Å². The van der Waals surface area contributed by atoms with Crippen molar-refractivity contribution in [3.8, 4) is 17.1 Å². The van der Waals surface area contributed by atoms with E-state index in [4.69, 9.17) is 25.8 Å². The summed E-state index contributed by atoms with van der Waals surface area (Å²) < 4.78 is 32.2. The van der Waals surface area contributed by atoms with Crippen molar-refractivity contribution < 1.29 is 18.6 Å². The Labute approximate surface area is 219 Å². The van der Waals surface area contributed by atoms with E-state index in [1.165, 1.54) is 19.5 Å². The Morgan fingerprint density at radius 2 is 1.84 bits per heavy atom. The maximum atomic E-state index is 15.4. The van der Waals surface area contributed by atoms with Crippen LogP contribution in [0.5, 0.6) is 5.88 Å². The molecule has 1 aliphatic heterocycles. The molecule has 0 N–H and O–H groups in total. The third kappa shape index (κ3) is 5.34. The van der Waals surface area contributed by atoms with E-state index in [0.29, 0.717) is 41.6 Å². The molecule has 2 aromatic carbocycles. The van der Waals surface area contributed by atoms with Crippen molar-refractivity contribution in [3.63, 3.8) is 0 Å². The fourth-order valence-electron chi connectivity index (χ4n) is 4.38. The van der Waals surface area contributed by atoms with Crippen LogP contribution in [0.2, 0.25) is 5.02 Å². The van der Waals surface area contributed by atoms with Gasteiger partial charge in [0, 0.05) is 46.4 Å². The predicted molar refractivity (Wildman–Crippen MR) is 140 cm³/mol. The standard InChI is InChI=1S/C27H27ClFN5O3/c1-16(2)37-27(23-6-7-25(35-3)33-32-23)19-13-20(22(29)14-21(19)28)26-18-5-4-17(12-24(18)30-15-31-26)34-8-10-36-11-9-34/h4-7,12-16,27H,8-11H2,1-3H3. The van der Waals surface area contributed by atoms with E-state index in [2.05, 4.69) is 25.1 Å². The van der Waals surface area contributed by atoms with Gasteiger partial charge in [0.25, 0.3) is 0 Å². The van der Waals surface area contributed by atoms with Crippen molar-refractivity contribution in [2.75, 3.05) is 38.3 Å². The maximum Gasteiger partial charge on any atom is 0.233 e. The van der Waals surface area contributed by atoms with Crippen molar-refractivity contribution in [1.82, 2.24) is 20.2 Å². The van der Waals surface area contributed by atoms with Crippen LogP contribution in [0, 0.1) is 5.82 Å². The molecule has 1 fully saturated rings. The zero-order valence-corrected chi connectivity index (χ0v) is 21.6. The summed E-state index contributed by atoms with van der Waals surface area (Å²) in [5.41, 5.74) is 3.62. The lowest BCUT2D eigenvalue weighted by molar-refractivity contribution is 0.0275. The van der Waals surface area contributed by atoms with E-state index in [1.54, 1.807) is 18.2 Å². The molecule has 10 heteroatoms. The molecule has 5 rings (SSSR count). The number of halogens is 2. The first-order chi connectivity index (χ1) is 17.9. The summed E-state index contributed by atoms with van der Waals surface area (Å²) in [5.74, 6) is -0.114. The number of morpholine rings is 1. The number of ether oxygens (including phenoxy) is 3. The van der Waals surface area contributed by atoms with Gasteiger partial charge in [-0.3, -0.25) is 0 Å². The van der Waals surface area contributed by atoms with Gasteiger partial charge in [-0.05, 0) is 50.2 Å². The quantitative estimate of drug-likeness (QED) is 0.325. The molecule has 0 amide bonds. The lowest BCUT2D eigenvalue weighted by Crippen LogP contribution is -2.36. The Kier molecular flexibility index (Phi) is 7.45. The minimum Gasteiger partial charge on any atom is -0.480 e. The molecular weight excluding hydrogens is 497 g/mol. The number of hydrogen-bond donors (Lipinski definition) is 0. The van der Waals surface area contributed by atoms with E-state index in [0.717, 1.165) is 29.7 Å².